The molecule has 0 N–H and O–H groups in total. The fourth-order valence-corrected chi connectivity index (χ4v) is 1.71. The Labute approximate surface area is 104 Å². The van der Waals surface area contributed by atoms with Gasteiger partial charge in [-0.2, -0.15) is 5.26 Å². The van der Waals surface area contributed by atoms with E-state index in [2.05, 4.69) is 32.9 Å². The summed E-state index contributed by atoms with van der Waals surface area (Å²) in [5.41, 5.74) is 1.21. The van der Waals surface area contributed by atoms with E-state index in [0.717, 1.165) is 18.8 Å². The molecule has 1 unspecified atom stereocenters. The molecule has 0 aliphatic rings. The highest BCUT2D eigenvalue weighted by Crippen LogP contribution is 2.29. The van der Waals surface area contributed by atoms with Gasteiger partial charge in [-0.25, -0.2) is 0 Å². The van der Waals surface area contributed by atoms with Crippen molar-refractivity contribution < 1.29 is 4.74 Å². The van der Waals surface area contributed by atoms with Crippen molar-refractivity contribution in [3.05, 3.63) is 29.8 Å². The third-order valence-corrected chi connectivity index (χ3v) is 2.71. The van der Waals surface area contributed by atoms with Crippen molar-refractivity contribution in [2.45, 2.75) is 39.5 Å². The van der Waals surface area contributed by atoms with Gasteiger partial charge in [0.15, 0.2) is 0 Å². The first-order valence-electron chi connectivity index (χ1n) is 6.23. The highest BCUT2D eigenvalue weighted by atomic mass is 16.5. The van der Waals surface area contributed by atoms with Gasteiger partial charge in [0.05, 0.1) is 12.7 Å². The molecule has 0 spiro atoms. The molecule has 17 heavy (non-hydrogen) atoms. The predicted octanol–water partition coefficient (Wildman–Crippen LogP) is 4.13. The third kappa shape index (κ3) is 4.48. The zero-order chi connectivity index (χ0) is 12.7. The lowest BCUT2D eigenvalue weighted by Crippen LogP contribution is -2.07. The van der Waals surface area contributed by atoms with Crippen molar-refractivity contribution in [1.29, 1.82) is 5.26 Å². The van der Waals surface area contributed by atoms with Crippen molar-refractivity contribution in [3.63, 3.8) is 0 Å². The number of hydrogen-bond acceptors (Lipinski definition) is 2. The van der Waals surface area contributed by atoms with Gasteiger partial charge in [0.2, 0.25) is 0 Å². The number of benzene rings is 1. The fourth-order valence-electron chi connectivity index (χ4n) is 1.71. The molecule has 0 amide bonds. The van der Waals surface area contributed by atoms with E-state index in [1.54, 1.807) is 0 Å². The van der Waals surface area contributed by atoms with Gasteiger partial charge in [0, 0.05) is 6.42 Å². The van der Waals surface area contributed by atoms with Gasteiger partial charge < -0.3 is 4.74 Å². The Bertz CT molecular complexity index is 379. The maximum atomic E-state index is 8.63. The molecule has 2 nitrogen and oxygen atoms in total. The van der Waals surface area contributed by atoms with E-state index in [0.29, 0.717) is 18.3 Å². The van der Waals surface area contributed by atoms with E-state index >= 15 is 0 Å². The van der Waals surface area contributed by atoms with Crippen molar-refractivity contribution in [2.24, 2.45) is 5.92 Å². The molecule has 1 rings (SSSR count). The molecule has 0 aliphatic carbocycles. The molecule has 0 aromatic heterocycles. The van der Waals surface area contributed by atoms with E-state index in [1.807, 2.05) is 18.2 Å². The maximum Gasteiger partial charge on any atom is 0.122 e. The third-order valence-electron chi connectivity index (χ3n) is 2.71. The number of nitriles is 1. The largest absolute Gasteiger partial charge is 0.493 e. The second-order valence-electron chi connectivity index (χ2n) is 4.84. The summed E-state index contributed by atoms with van der Waals surface area (Å²) in [6.45, 7) is 7.17. The molecule has 92 valence electrons. The van der Waals surface area contributed by atoms with Crippen LogP contribution in [-0.2, 0) is 0 Å². The molecule has 1 aromatic carbocycles. The van der Waals surface area contributed by atoms with Crippen LogP contribution < -0.4 is 4.74 Å². The summed E-state index contributed by atoms with van der Waals surface area (Å²) < 4.78 is 5.82. The van der Waals surface area contributed by atoms with Gasteiger partial charge in [0.1, 0.15) is 5.75 Å². The van der Waals surface area contributed by atoms with Gasteiger partial charge in [-0.15, -0.1) is 0 Å². The minimum Gasteiger partial charge on any atom is -0.493 e. The molecular formula is C15H21NO. The molecule has 0 saturated heterocycles. The second kappa shape index (κ2) is 6.96. The number of para-hydroxylation sites is 1. The van der Waals surface area contributed by atoms with E-state index in [-0.39, 0.29) is 0 Å². The maximum absolute atomic E-state index is 8.63. The van der Waals surface area contributed by atoms with Gasteiger partial charge in [-0.05, 0) is 29.9 Å². The molecule has 0 saturated carbocycles. The summed E-state index contributed by atoms with van der Waals surface area (Å²) in [4.78, 5) is 0. The van der Waals surface area contributed by atoms with E-state index in [9.17, 15) is 0 Å². The summed E-state index contributed by atoms with van der Waals surface area (Å²) in [5.74, 6) is 1.86. The molecule has 2 heteroatoms. The second-order valence-corrected chi connectivity index (χ2v) is 4.84. The lowest BCUT2D eigenvalue weighted by molar-refractivity contribution is 0.267. The summed E-state index contributed by atoms with van der Waals surface area (Å²) in [6, 6.07) is 10.3. The minimum absolute atomic E-state index is 0.373. The number of hydrogen-bond donors (Lipinski definition) is 0. The summed E-state index contributed by atoms with van der Waals surface area (Å²) in [6.07, 6.45) is 1.48. The standard InChI is InChI=1S/C15H21NO/c1-12(2)11-17-15-9-5-4-8-14(15)13(3)7-6-10-16/h4-5,8-9,12-13H,6-7,11H2,1-3H3. The Morgan fingerprint density at radius 3 is 2.59 bits per heavy atom. The van der Waals surface area contributed by atoms with Crippen LogP contribution in [0.5, 0.6) is 5.75 Å². The fraction of sp³-hybridized carbons (Fsp3) is 0.533. The Morgan fingerprint density at radius 1 is 1.24 bits per heavy atom. The van der Waals surface area contributed by atoms with Crippen LogP contribution in [0.3, 0.4) is 0 Å². The number of ether oxygens (including phenoxy) is 1. The van der Waals surface area contributed by atoms with Crippen LogP contribution in [0.25, 0.3) is 0 Å². The SMILES string of the molecule is CC(C)COc1ccccc1C(C)CCC#N. The molecule has 0 heterocycles. The van der Waals surface area contributed by atoms with E-state index < -0.39 is 0 Å². The quantitative estimate of drug-likeness (QED) is 0.737. The zero-order valence-electron chi connectivity index (χ0n) is 10.9. The topological polar surface area (TPSA) is 33.0 Å². The average Bonchev–Trinajstić information content (AvgIpc) is 2.33. The Morgan fingerprint density at radius 2 is 1.94 bits per heavy atom. The smallest absolute Gasteiger partial charge is 0.122 e. The van der Waals surface area contributed by atoms with Crippen LogP contribution in [0.4, 0.5) is 0 Å². The minimum atomic E-state index is 0.373. The van der Waals surface area contributed by atoms with E-state index in [1.165, 1.54) is 5.56 Å². The Balaban J connectivity index is 2.73. The van der Waals surface area contributed by atoms with E-state index in [4.69, 9.17) is 10.00 Å². The number of rotatable bonds is 6. The molecule has 1 atom stereocenters. The lowest BCUT2D eigenvalue weighted by Gasteiger charge is -2.17. The van der Waals surface area contributed by atoms with Gasteiger partial charge in [-0.1, -0.05) is 39.0 Å². The number of nitrogens with zero attached hydrogens (tertiary/aromatic N) is 1. The van der Waals surface area contributed by atoms with Crippen molar-refractivity contribution in [1.82, 2.24) is 0 Å². The molecule has 0 bridgehead atoms. The normalized spacial score (nSPS) is 12.2. The summed E-state index contributed by atoms with van der Waals surface area (Å²) >= 11 is 0. The monoisotopic (exact) mass is 231 g/mol. The van der Waals surface area contributed by atoms with Gasteiger partial charge in [0.25, 0.3) is 0 Å². The summed E-state index contributed by atoms with van der Waals surface area (Å²) in [5, 5.41) is 8.63. The van der Waals surface area contributed by atoms with Crippen molar-refractivity contribution in [2.75, 3.05) is 6.61 Å². The van der Waals surface area contributed by atoms with Crippen LogP contribution in [0.15, 0.2) is 24.3 Å². The first kappa shape index (κ1) is 13.6. The van der Waals surface area contributed by atoms with Gasteiger partial charge in [-0.3, -0.25) is 0 Å². The van der Waals surface area contributed by atoms with Crippen molar-refractivity contribution in [3.8, 4) is 11.8 Å². The predicted molar refractivity (Wildman–Crippen MR) is 70.0 cm³/mol. The Hall–Kier alpha value is -1.49. The average molecular weight is 231 g/mol. The molecule has 1 aromatic rings. The highest BCUT2D eigenvalue weighted by molar-refractivity contribution is 5.36. The highest BCUT2D eigenvalue weighted by Gasteiger charge is 2.11. The van der Waals surface area contributed by atoms with Crippen LogP contribution in [0.2, 0.25) is 0 Å². The van der Waals surface area contributed by atoms with Crippen LogP contribution in [0, 0.1) is 17.2 Å². The summed E-state index contributed by atoms with van der Waals surface area (Å²) in [7, 11) is 0. The van der Waals surface area contributed by atoms with Crippen molar-refractivity contribution >= 4 is 0 Å². The molecule has 0 aliphatic heterocycles. The first-order valence-corrected chi connectivity index (χ1v) is 6.23. The zero-order valence-corrected chi connectivity index (χ0v) is 10.9. The van der Waals surface area contributed by atoms with Crippen LogP contribution in [0.1, 0.15) is 45.1 Å². The van der Waals surface area contributed by atoms with Gasteiger partial charge >= 0.3 is 0 Å². The van der Waals surface area contributed by atoms with Crippen LogP contribution in [-0.4, -0.2) is 6.61 Å². The molecular weight excluding hydrogens is 210 g/mol. The van der Waals surface area contributed by atoms with Crippen LogP contribution >= 0.6 is 0 Å². The molecule has 0 fully saturated rings. The first-order chi connectivity index (χ1) is 8.15. The Kier molecular flexibility index (Phi) is 5.56. The lowest BCUT2D eigenvalue weighted by atomic mass is 9.95. The molecule has 0 radical (unpaired) electrons.